The van der Waals surface area contributed by atoms with Gasteiger partial charge in [0.1, 0.15) is 0 Å². The quantitative estimate of drug-likeness (QED) is 0.759. The van der Waals surface area contributed by atoms with Gasteiger partial charge in [-0.05, 0) is 25.7 Å². The summed E-state index contributed by atoms with van der Waals surface area (Å²) >= 11 is 6.16. The number of rotatable bonds is 4. The highest BCUT2D eigenvalue weighted by Crippen LogP contribution is 2.23. The first kappa shape index (κ1) is 11.9. The van der Waals surface area contributed by atoms with Crippen molar-refractivity contribution >= 4 is 11.6 Å². The van der Waals surface area contributed by atoms with Gasteiger partial charge in [0, 0.05) is 18.4 Å². The highest BCUT2D eigenvalue weighted by atomic mass is 35.5. The second kappa shape index (κ2) is 5.69. The van der Waals surface area contributed by atoms with Gasteiger partial charge in [0.25, 0.3) is 0 Å². The molecule has 0 N–H and O–H groups in total. The number of aromatic nitrogens is 2. The summed E-state index contributed by atoms with van der Waals surface area (Å²) in [6.07, 6.45) is 8.78. The molecule has 1 aromatic rings. The first-order chi connectivity index (χ1) is 7.79. The summed E-state index contributed by atoms with van der Waals surface area (Å²) in [5.41, 5.74) is 1.11. The third-order valence-corrected chi connectivity index (χ3v) is 3.60. The molecule has 0 radical (unpaired) electrons. The predicted molar refractivity (Wildman–Crippen MR) is 64.7 cm³/mol. The van der Waals surface area contributed by atoms with Crippen LogP contribution in [0.3, 0.4) is 0 Å². The first-order valence-corrected chi connectivity index (χ1v) is 6.51. The second-order valence-electron chi connectivity index (χ2n) is 4.36. The Bertz CT molecular complexity index is 321. The van der Waals surface area contributed by atoms with Crippen molar-refractivity contribution in [3.05, 3.63) is 18.0 Å². The first-order valence-electron chi connectivity index (χ1n) is 6.07. The highest BCUT2D eigenvalue weighted by molar-refractivity contribution is 6.20. The molecule has 1 fully saturated rings. The van der Waals surface area contributed by atoms with Crippen LogP contribution in [-0.4, -0.2) is 22.5 Å². The maximum absolute atomic E-state index is 6.16. The fourth-order valence-electron chi connectivity index (χ4n) is 2.04. The number of hydrogen-bond acceptors (Lipinski definition) is 2. The Morgan fingerprint density at radius 2 is 2.50 bits per heavy atom. The van der Waals surface area contributed by atoms with Gasteiger partial charge in [-0.3, -0.25) is 4.68 Å². The molecule has 0 amide bonds. The Hall–Kier alpha value is -0.540. The molecule has 1 aromatic heterocycles. The lowest BCUT2D eigenvalue weighted by molar-refractivity contribution is 0.00398. The van der Waals surface area contributed by atoms with Gasteiger partial charge in [0.15, 0.2) is 0 Å². The van der Waals surface area contributed by atoms with E-state index in [1.807, 2.05) is 17.1 Å². The van der Waals surface area contributed by atoms with Crippen molar-refractivity contribution in [2.75, 3.05) is 6.61 Å². The van der Waals surface area contributed by atoms with E-state index >= 15 is 0 Å². The van der Waals surface area contributed by atoms with E-state index in [-0.39, 0.29) is 5.38 Å². The molecule has 90 valence electrons. The topological polar surface area (TPSA) is 27.1 Å². The summed E-state index contributed by atoms with van der Waals surface area (Å²) in [5.74, 6) is 0. The second-order valence-corrected chi connectivity index (χ2v) is 4.89. The fraction of sp³-hybridized carbons (Fsp3) is 0.750. The minimum Gasteiger partial charge on any atom is -0.376 e. The lowest BCUT2D eigenvalue weighted by Crippen LogP contribution is -2.24. The Kier molecular flexibility index (Phi) is 4.24. The van der Waals surface area contributed by atoms with Gasteiger partial charge in [0.05, 0.1) is 24.2 Å². The summed E-state index contributed by atoms with van der Waals surface area (Å²) in [6, 6.07) is 0. The van der Waals surface area contributed by atoms with E-state index < -0.39 is 0 Å². The molecule has 0 spiro atoms. The minimum absolute atomic E-state index is 0.0843. The molecular formula is C12H19ClN2O. The van der Waals surface area contributed by atoms with Crippen molar-refractivity contribution in [2.45, 2.75) is 50.6 Å². The lowest BCUT2D eigenvalue weighted by Gasteiger charge is -2.22. The van der Waals surface area contributed by atoms with Crippen LogP contribution in [0.2, 0.25) is 0 Å². The summed E-state index contributed by atoms with van der Waals surface area (Å²) in [6.45, 7) is 3.83. The van der Waals surface area contributed by atoms with E-state index in [2.05, 4.69) is 12.0 Å². The molecule has 1 aliphatic heterocycles. The van der Waals surface area contributed by atoms with Gasteiger partial charge in [-0.1, -0.05) is 6.92 Å². The zero-order chi connectivity index (χ0) is 11.4. The molecule has 3 nitrogen and oxygen atoms in total. The van der Waals surface area contributed by atoms with Gasteiger partial charge in [-0.2, -0.15) is 5.10 Å². The Morgan fingerprint density at radius 1 is 1.62 bits per heavy atom. The van der Waals surface area contributed by atoms with Gasteiger partial charge in [-0.25, -0.2) is 0 Å². The van der Waals surface area contributed by atoms with E-state index in [1.54, 1.807) is 0 Å². The molecule has 16 heavy (non-hydrogen) atoms. The van der Waals surface area contributed by atoms with Crippen molar-refractivity contribution in [3.63, 3.8) is 0 Å². The SMILES string of the molecule is CCC(Cl)c1cnn(CC2CCCCO2)c1. The van der Waals surface area contributed by atoms with E-state index in [4.69, 9.17) is 16.3 Å². The molecule has 2 atom stereocenters. The van der Waals surface area contributed by atoms with E-state index in [0.717, 1.165) is 31.6 Å². The average molecular weight is 243 g/mol. The zero-order valence-electron chi connectivity index (χ0n) is 9.73. The highest BCUT2D eigenvalue weighted by Gasteiger charge is 2.15. The maximum atomic E-state index is 6.16. The number of halogens is 1. The Balaban J connectivity index is 1.91. The smallest absolute Gasteiger partial charge is 0.0770 e. The van der Waals surface area contributed by atoms with Gasteiger partial charge >= 0.3 is 0 Å². The van der Waals surface area contributed by atoms with Crippen LogP contribution in [0.4, 0.5) is 0 Å². The summed E-state index contributed by atoms with van der Waals surface area (Å²) in [5, 5.41) is 4.42. The molecule has 2 unspecified atom stereocenters. The molecule has 2 heterocycles. The molecule has 0 aromatic carbocycles. The van der Waals surface area contributed by atoms with Crippen LogP contribution >= 0.6 is 11.6 Å². The molecule has 0 saturated carbocycles. The predicted octanol–water partition coefficient (Wildman–Crippen LogP) is 3.14. The molecular weight excluding hydrogens is 224 g/mol. The Labute approximate surface area is 102 Å². The third-order valence-electron chi connectivity index (χ3n) is 3.04. The molecule has 1 saturated heterocycles. The van der Waals surface area contributed by atoms with Gasteiger partial charge in [-0.15, -0.1) is 11.6 Å². The van der Waals surface area contributed by atoms with E-state index in [0.29, 0.717) is 6.10 Å². The van der Waals surface area contributed by atoms with Crippen LogP contribution in [0.25, 0.3) is 0 Å². The molecule has 1 aliphatic rings. The van der Waals surface area contributed by atoms with Crippen LogP contribution in [0, 0.1) is 0 Å². The Morgan fingerprint density at radius 3 is 3.19 bits per heavy atom. The van der Waals surface area contributed by atoms with Crippen LogP contribution in [0.15, 0.2) is 12.4 Å². The zero-order valence-corrected chi connectivity index (χ0v) is 10.5. The van der Waals surface area contributed by atoms with Crippen LogP contribution in [0.1, 0.15) is 43.5 Å². The van der Waals surface area contributed by atoms with E-state index in [9.17, 15) is 0 Å². The number of alkyl halides is 1. The molecule has 2 rings (SSSR count). The van der Waals surface area contributed by atoms with E-state index in [1.165, 1.54) is 12.8 Å². The fourth-order valence-corrected chi connectivity index (χ4v) is 2.15. The number of hydrogen-bond donors (Lipinski definition) is 0. The normalized spacial score (nSPS) is 23.2. The van der Waals surface area contributed by atoms with Crippen LogP contribution in [-0.2, 0) is 11.3 Å². The van der Waals surface area contributed by atoms with Crippen molar-refractivity contribution in [1.82, 2.24) is 9.78 Å². The third kappa shape index (κ3) is 2.98. The average Bonchev–Trinajstić information content (AvgIpc) is 2.78. The van der Waals surface area contributed by atoms with Gasteiger partial charge < -0.3 is 4.74 Å². The number of ether oxygens (including phenoxy) is 1. The lowest BCUT2D eigenvalue weighted by atomic mass is 10.1. The largest absolute Gasteiger partial charge is 0.376 e. The maximum Gasteiger partial charge on any atom is 0.0770 e. The molecule has 4 heteroatoms. The molecule has 0 bridgehead atoms. The van der Waals surface area contributed by atoms with Gasteiger partial charge in [0.2, 0.25) is 0 Å². The van der Waals surface area contributed by atoms with Crippen molar-refractivity contribution in [1.29, 1.82) is 0 Å². The van der Waals surface area contributed by atoms with Crippen molar-refractivity contribution < 1.29 is 4.74 Å². The monoisotopic (exact) mass is 242 g/mol. The minimum atomic E-state index is 0.0843. The van der Waals surface area contributed by atoms with Crippen molar-refractivity contribution in [3.8, 4) is 0 Å². The number of nitrogens with zero attached hydrogens (tertiary/aromatic N) is 2. The standard InChI is InChI=1S/C12H19ClN2O/c1-2-12(13)10-7-14-15(8-10)9-11-5-3-4-6-16-11/h7-8,11-12H,2-6,9H2,1H3. The van der Waals surface area contributed by atoms with Crippen LogP contribution in [0.5, 0.6) is 0 Å². The van der Waals surface area contributed by atoms with Crippen LogP contribution < -0.4 is 0 Å². The summed E-state index contributed by atoms with van der Waals surface area (Å²) < 4.78 is 7.64. The summed E-state index contributed by atoms with van der Waals surface area (Å²) in [4.78, 5) is 0. The van der Waals surface area contributed by atoms with Crippen molar-refractivity contribution in [2.24, 2.45) is 0 Å². The summed E-state index contributed by atoms with van der Waals surface area (Å²) in [7, 11) is 0. The molecule has 0 aliphatic carbocycles.